The zero-order valence-corrected chi connectivity index (χ0v) is 16.1. The summed E-state index contributed by atoms with van der Waals surface area (Å²) in [4.78, 5) is 33.9. The summed E-state index contributed by atoms with van der Waals surface area (Å²) in [6.45, 7) is 2.28. The van der Waals surface area contributed by atoms with Crippen LogP contribution in [-0.4, -0.2) is 33.2 Å². The van der Waals surface area contributed by atoms with Crippen molar-refractivity contribution in [2.45, 2.75) is 38.8 Å². The molecule has 2 unspecified atom stereocenters. The molecule has 4 N–H and O–H groups in total. The van der Waals surface area contributed by atoms with Crippen LogP contribution >= 0.6 is 0 Å². The normalized spacial score (nSPS) is 21.6. The highest BCUT2D eigenvalue weighted by atomic mass is 19.1. The summed E-state index contributed by atoms with van der Waals surface area (Å²) in [6, 6.07) is 3.12. The Hall–Kier alpha value is -3.23. The van der Waals surface area contributed by atoms with Gasteiger partial charge in [-0.05, 0) is 49.8 Å². The van der Waals surface area contributed by atoms with E-state index < -0.39 is 11.7 Å². The Balaban J connectivity index is 1.84. The van der Waals surface area contributed by atoms with Crippen LogP contribution in [-0.2, 0) is 0 Å². The maximum absolute atomic E-state index is 13.8. The molecule has 0 bridgehead atoms. The van der Waals surface area contributed by atoms with E-state index in [9.17, 15) is 14.0 Å². The lowest BCUT2D eigenvalue weighted by atomic mass is 10.0. The molecule has 8 nitrogen and oxygen atoms in total. The number of rotatable bonds is 3. The van der Waals surface area contributed by atoms with Crippen LogP contribution in [0.25, 0.3) is 6.20 Å². The number of halogens is 1. The monoisotopic (exact) mass is 398 g/mol. The predicted molar refractivity (Wildman–Crippen MR) is 109 cm³/mol. The Kier molecular flexibility index (Phi) is 5.04. The number of aryl methyl sites for hydroxylation is 1. The largest absolute Gasteiger partial charge is 0.384 e. The maximum atomic E-state index is 13.8. The van der Waals surface area contributed by atoms with Gasteiger partial charge in [0.05, 0.1) is 0 Å². The van der Waals surface area contributed by atoms with Gasteiger partial charge in [0.25, 0.3) is 11.5 Å². The Morgan fingerprint density at radius 3 is 2.79 bits per heavy atom. The van der Waals surface area contributed by atoms with Crippen molar-refractivity contribution in [1.82, 2.24) is 19.9 Å². The van der Waals surface area contributed by atoms with Gasteiger partial charge in [0.15, 0.2) is 0 Å². The number of carbonyl (C=O) groups is 1. The molecule has 152 valence electrons. The number of fused-ring (bicyclic) bond motifs is 1. The van der Waals surface area contributed by atoms with Crippen LogP contribution in [0.1, 0.15) is 41.7 Å². The number of allylic oxidation sites excluding steroid dienone is 1. The molecule has 1 aliphatic carbocycles. The topological polar surface area (TPSA) is 115 Å². The molecule has 0 spiro atoms. The number of pyridine rings is 1. The summed E-state index contributed by atoms with van der Waals surface area (Å²) >= 11 is 0. The first kappa shape index (κ1) is 19.1. The smallest absolute Gasteiger partial charge is 0.278 e. The Morgan fingerprint density at radius 2 is 2.07 bits per heavy atom. The zero-order valence-electron chi connectivity index (χ0n) is 16.1. The first-order valence-corrected chi connectivity index (χ1v) is 9.67. The summed E-state index contributed by atoms with van der Waals surface area (Å²) in [7, 11) is 0. The van der Waals surface area contributed by atoms with Crippen LogP contribution in [0.15, 0.2) is 28.8 Å². The zero-order chi connectivity index (χ0) is 20.5. The van der Waals surface area contributed by atoms with Crippen LogP contribution in [0.3, 0.4) is 0 Å². The van der Waals surface area contributed by atoms with E-state index in [-0.39, 0.29) is 29.0 Å². The maximum Gasteiger partial charge on any atom is 0.278 e. The van der Waals surface area contributed by atoms with E-state index in [2.05, 4.69) is 20.6 Å². The average molecular weight is 398 g/mol. The summed E-state index contributed by atoms with van der Waals surface area (Å²) in [5, 5.41) is 5.81. The minimum Gasteiger partial charge on any atom is -0.384 e. The van der Waals surface area contributed by atoms with Crippen LogP contribution in [0, 0.1) is 12.8 Å². The van der Waals surface area contributed by atoms with Gasteiger partial charge in [-0.15, -0.1) is 0 Å². The van der Waals surface area contributed by atoms with Gasteiger partial charge in [-0.1, -0.05) is 0 Å². The van der Waals surface area contributed by atoms with Crippen LogP contribution in [0.4, 0.5) is 21.7 Å². The number of aromatic nitrogens is 3. The van der Waals surface area contributed by atoms with Gasteiger partial charge in [-0.2, -0.15) is 0 Å². The van der Waals surface area contributed by atoms with Crippen molar-refractivity contribution in [3.05, 3.63) is 45.6 Å². The number of nitrogens with zero attached hydrogens (tertiary/aromatic N) is 3. The summed E-state index contributed by atoms with van der Waals surface area (Å²) < 4.78 is 15.1. The third-order valence-electron chi connectivity index (χ3n) is 5.25. The fourth-order valence-electron chi connectivity index (χ4n) is 3.65. The lowest BCUT2D eigenvalue weighted by Crippen LogP contribution is -2.33. The summed E-state index contributed by atoms with van der Waals surface area (Å²) in [6.07, 6.45) is 4.89. The van der Waals surface area contributed by atoms with Crippen LogP contribution in [0.5, 0.6) is 0 Å². The molecule has 1 fully saturated rings. The van der Waals surface area contributed by atoms with E-state index in [0.717, 1.165) is 18.4 Å². The van der Waals surface area contributed by atoms with E-state index in [0.29, 0.717) is 30.8 Å². The Bertz CT molecular complexity index is 1050. The number of nitrogens with two attached hydrogens (primary N) is 1. The second kappa shape index (κ2) is 7.65. The lowest BCUT2D eigenvalue weighted by molar-refractivity contribution is 0.0944. The molecule has 2 aliphatic rings. The first-order valence-electron chi connectivity index (χ1n) is 9.67. The van der Waals surface area contributed by atoms with Crippen LogP contribution < -0.4 is 21.9 Å². The van der Waals surface area contributed by atoms with Crippen LogP contribution in [0.2, 0.25) is 0 Å². The molecule has 9 heteroatoms. The van der Waals surface area contributed by atoms with Gasteiger partial charge in [-0.3, -0.25) is 14.2 Å². The quantitative estimate of drug-likeness (QED) is 0.731. The highest BCUT2D eigenvalue weighted by molar-refractivity contribution is 5.95. The fraction of sp³-hybridized carbons (Fsp3) is 0.400. The van der Waals surface area contributed by atoms with Crippen molar-refractivity contribution in [2.75, 3.05) is 17.6 Å². The third kappa shape index (κ3) is 3.98. The van der Waals surface area contributed by atoms with Gasteiger partial charge in [-0.25, -0.2) is 14.4 Å². The van der Waals surface area contributed by atoms with Crippen molar-refractivity contribution in [2.24, 2.45) is 5.92 Å². The summed E-state index contributed by atoms with van der Waals surface area (Å²) in [5.41, 5.74) is 7.27. The molecule has 29 heavy (non-hydrogen) atoms. The molecule has 2 atom stereocenters. The number of anilines is 3. The standard InChI is InChI=1S/C20H23FN6O2/c1-11-6-15(26-17-8-16(22)24-10-25-17)20(29)27-9-12(13-7-14(13)21)4-2-3-5-23-19(28)18(11)27/h6,8-10,13-14H,2-5,7H2,1H3,(H,23,28)(H3,22,24,25,26). The van der Waals surface area contributed by atoms with Crippen molar-refractivity contribution >= 4 is 29.4 Å². The number of alkyl halides is 1. The van der Waals surface area contributed by atoms with Gasteiger partial charge in [0.1, 0.15) is 35.5 Å². The third-order valence-corrected chi connectivity index (χ3v) is 5.25. The molecule has 2 aromatic heterocycles. The average Bonchev–Trinajstić information content (AvgIpc) is 3.40. The number of hydrogen-bond acceptors (Lipinski definition) is 6. The van der Waals surface area contributed by atoms with Crippen molar-refractivity contribution < 1.29 is 9.18 Å². The summed E-state index contributed by atoms with van der Waals surface area (Å²) in [5.74, 6) is 0.148. The number of nitrogen functional groups attached to an aromatic ring is 1. The number of hydrogen-bond donors (Lipinski definition) is 3. The highest BCUT2D eigenvalue weighted by Crippen LogP contribution is 2.42. The number of amides is 1. The van der Waals surface area contributed by atoms with E-state index in [1.165, 1.54) is 17.0 Å². The van der Waals surface area contributed by atoms with E-state index >= 15 is 0 Å². The van der Waals surface area contributed by atoms with Gasteiger partial charge in [0, 0.05) is 24.7 Å². The second-order valence-electron chi connectivity index (χ2n) is 7.49. The minimum atomic E-state index is -0.872. The molecular formula is C20H23FN6O2. The fourth-order valence-corrected chi connectivity index (χ4v) is 3.65. The molecule has 1 saturated carbocycles. The van der Waals surface area contributed by atoms with Crippen molar-refractivity contribution in [3.63, 3.8) is 0 Å². The molecule has 4 rings (SSSR count). The molecule has 0 aromatic carbocycles. The number of carbonyl (C=O) groups excluding carboxylic acids is 1. The second-order valence-corrected chi connectivity index (χ2v) is 7.49. The van der Waals surface area contributed by atoms with E-state index in [1.54, 1.807) is 19.2 Å². The van der Waals surface area contributed by atoms with E-state index in [4.69, 9.17) is 5.73 Å². The molecule has 0 saturated heterocycles. The molecule has 2 aromatic rings. The number of nitrogens with one attached hydrogen (secondary N) is 2. The predicted octanol–water partition coefficient (Wildman–Crippen LogP) is 2.39. The molecule has 0 radical (unpaired) electrons. The van der Waals surface area contributed by atoms with Crippen molar-refractivity contribution in [1.29, 1.82) is 0 Å². The molecular weight excluding hydrogens is 375 g/mol. The first-order chi connectivity index (χ1) is 13.9. The Labute approximate surface area is 167 Å². The van der Waals surface area contributed by atoms with Gasteiger partial charge >= 0.3 is 0 Å². The van der Waals surface area contributed by atoms with Crippen molar-refractivity contribution in [3.8, 4) is 0 Å². The highest BCUT2D eigenvalue weighted by Gasteiger charge is 2.40. The molecule has 1 aliphatic heterocycles. The van der Waals surface area contributed by atoms with Gasteiger partial charge < -0.3 is 16.4 Å². The molecule has 3 heterocycles. The van der Waals surface area contributed by atoms with E-state index in [1.807, 2.05) is 0 Å². The minimum absolute atomic E-state index is 0.171. The molecule has 1 amide bonds. The Morgan fingerprint density at radius 1 is 1.28 bits per heavy atom. The SMILES string of the molecule is Cc1cc(Nc2cc(N)ncn2)c(=O)n2c1C(=O)NCCCCC(C1CC1F)=C2. The lowest BCUT2D eigenvalue weighted by Gasteiger charge is -2.18. The van der Waals surface area contributed by atoms with Gasteiger partial charge in [0.2, 0.25) is 0 Å².